The lowest BCUT2D eigenvalue weighted by atomic mass is 10.2. The van der Waals surface area contributed by atoms with Gasteiger partial charge in [0.25, 0.3) is 0 Å². The smallest absolute Gasteiger partial charge is 0.247 e. The monoisotopic (exact) mass is 381 g/mol. The van der Waals surface area contributed by atoms with Gasteiger partial charge in [0.2, 0.25) is 17.7 Å². The predicted octanol–water partition coefficient (Wildman–Crippen LogP) is 4.10. The van der Waals surface area contributed by atoms with Crippen LogP contribution in [0.3, 0.4) is 0 Å². The van der Waals surface area contributed by atoms with Crippen molar-refractivity contribution in [2.75, 3.05) is 12.4 Å². The number of aryl methyl sites for hydroxylation is 1. The molecule has 7 nitrogen and oxygen atoms in total. The van der Waals surface area contributed by atoms with Gasteiger partial charge in [0.1, 0.15) is 11.5 Å². The molecule has 0 atom stereocenters. The molecule has 146 valence electrons. The highest BCUT2D eigenvalue weighted by Crippen LogP contribution is 2.25. The Bertz CT molecular complexity index is 937. The number of nitrogens with one attached hydrogen (secondary N) is 1. The molecule has 0 spiro atoms. The van der Waals surface area contributed by atoms with Crippen LogP contribution in [0.1, 0.15) is 26.2 Å². The molecule has 3 rings (SSSR count). The van der Waals surface area contributed by atoms with Gasteiger partial charge < -0.3 is 19.2 Å². The maximum absolute atomic E-state index is 12.3. The van der Waals surface area contributed by atoms with Crippen LogP contribution in [0.4, 0.5) is 5.69 Å². The summed E-state index contributed by atoms with van der Waals surface area (Å²) in [5.41, 5.74) is 1.41. The van der Waals surface area contributed by atoms with Crippen molar-refractivity contribution in [2.45, 2.75) is 32.8 Å². The van der Waals surface area contributed by atoms with Crippen LogP contribution in [0, 0.1) is 0 Å². The minimum Gasteiger partial charge on any atom is -0.497 e. The summed E-state index contributed by atoms with van der Waals surface area (Å²) in [5, 5.41) is 10.9. The second kappa shape index (κ2) is 9.03. The predicted molar refractivity (Wildman–Crippen MR) is 105 cm³/mol. The van der Waals surface area contributed by atoms with Gasteiger partial charge >= 0.3 is 0 Å². The van der Waals surface area contributed by atoms with Crippen molar-refractivity contribution in [1.82, 2.24) is 10.2 Å². The molecular weight excluding hydrogens is 358 g/mol. The van der Waals surface area contributed by atoms with Crippen molar-refractivity contribution in [3.63, 3.8) is 0 Å². The lowest BCUT2D eigenvalue weighted by Gasteiger charge is -2.14. The molecule has 28 heavy (non-hydrogen) atoms. The van der Waals surface area contributed by atoms with E-state index in [-0.39, 0.29) is 18.4 Å². The van der Waals surface area contributed by atoms with E-state index in [1.807, 2.05) is 62.4 Å². The minimum atomic E-state index is -0.152. The van der Waals surface area contributed by atoms with Crippen molar-refractivity contribution in [2.24, 2.45) is 0 Å². The average Bonchev–Trinajstić information content (AvgIpc) is 3.17. The van der Waals surface area contributed by atoms with Gasteiger partial charge in [-0.05, 0) is 44.2 Å². The molecule has 0 unspecified atom stereocenters. The number of aromatic nitrogens is 2. The van der Waals surface area contributed by atoms with Crippen LogP contribution in [0.15, 0.2) is 52.9 Å². The molecule has 1 heterocycles. The highest BCUT2D eigenvalue weighted by molar-refractivity contribution is 5.92. The third-order valence-electron chi connectivity index (χ3n) is 3.87. The van der Waals surface area contributed by atoms with Crippen molar-refractivity contribution >= 4 is 11.6 Å². The summed E-state index contributed by atoms with van der Waals surface area (Å²) < 4.78 is 16.6. The zero-order valence-corrected chi connectivity index (χ0v) is 16.1. The largest absolute Gasteiger partial charge is 0.497 e. The molecule has 2 aromatic carbocycles. The fourth-order valence-electron chi connectivity index (χ4n) is 2.59. The van der Waals surface area contributed by atoms with Gasteiger partial charge in [0, 0.05) is 18.4 Å². The van der Waals surface area contributed by atoms with Gasteiger partial charge in [-0.1, -0.05) is 18.2 Å². The van der Waals surface area contributed by atoms with Gasteiger partial charge in [0.05, 0.1) is 18.9 Å². The van der Waals surface area contributed by atoms with E-state index < -0.39 is 0 Å². The number of amides is 1. The summed E-state index contributed by atoms with van der Waals surface area (Å²) in [6.45, 7) is 3.88. The molecule has 0 aliphatic heterocycles. The second-order valence-electron chi connectivity index (χ2n) is 6.44. The number of methoxy groups -OCH3 is 1. The van der Waals surface area contributed by atoms with Gasteiger partial charge in [-0.25, -0.2) is 0 Å². The van der Waals surface area contributed by atoms with E-state index in [0.29, 0.717) is 35.4 Å². The number of rotatable bonds is 8. The first-order chi connectivity index (χ1) is 13.5. The number of benzene rings is 2. The number of hydrogen-bond acceptors (Lipinski definition) is 6. The van der Waals surface area contributed by atoms with Crippen molar-refractivity contribution < 1.29 is 18.7 Å². The Balaban J connectivity index is 1.59. The first kappa shape index (κ1) is 19.4. The average molecular weight is 381 g/mol. The van der Waals surface area contributed by atoms with Crippen LogP contribution in [-0.2, 0) is 11.2 Å². The zero-order chi connectivity index (χ0) is 19.9. The molecule has 0 aliphatic carbocycles. The number of anilines is 1. The molecule has 7 heteroatoms. The van der Waals surface area contributed by atoms with E-state index in [1.165, 1.54) is 0 Å². The maximum atomic E-state index is 12.3. The van der Waals surface area contributed by atoms with Crippen LogP contribution in [0.25, 0.3) is 11.5 Å². The third kappa shape index (κ3) is 5.09. The van der Waals surface area contributed by atoms with Crippen LogP contribution < -0.4 is 14.8 Å². The topological polar surface area (TPSA) is 86.5 Å². The molecule has 1 aromatic heterocycles. The summed E-state index contributed by atoms with van der Waals surface area (Å²) in [4.78, 5) is 12.3. The van der Waals surface area contributed by atoms with Gasteiger partial charge in [-0.15, -0.1) is 10.2 Å². The standard InChI is InChI=1S/C21H23N3O4/c1-14(2)27-18-10-5-4-9-17(18)22-19(25)11-12-20-23-24-21(28-20)15-7-6-8-16(13-15)26-3/h4-10,13-14H,11-12H2,1-3H3,(H,22,25). The van der Waals surface area contributed by atoms with Crippen molar-refractivity contribution in [1.29, 1.82) is 0 Å². The number of para-hydroxylation sites is 2. The number of hydrogen-bond donors (Lipinski definition) is 1. The van der Waals surface area contributed by atoms with E-state index in [4.69, 9.17) is 13.9 Å². The molecule has 1 N–H and O–H groups in total. The van der Waals surface area contributed by atoms with E-state index in [1.54, 1.807) is 7.11 Å². The lowest BCUT2D eigenvalue weighted by Crippen LogP contribution is -2.14. The second-order valence-corrected chi connectivity index (χ2v) is 6.44. The van der Waals surface area contributed by atoms with Crippen LogP contribution in [0.2, 0.25) is 0 Å². The van der Waals surface area contributed by atoms with E-state index in [9.17, 15) is 4.79 Å². The Kier molecular flexibility index (Phi) is 6.26. The molecular formula is C21H23N3O4. The summed E-state index contributed by atoms with van der Waals surface area (Å²) in [6.07, 6.45) is 0.581. The lowest BCUT2D eigenvalue weighted by molar-refractivity contribution is -0.116. The van der Waals surface area contributed by atoms with E-state index >= 15 is 0 Å². The van der Waals surface area contributed by atoms with Gasteiger partial charge in [0.15, 0.2) is 0 Å². The van der Waals surface area contributed by atoms with Gasteiger partial charge in [-0.3, -0.25) is 4.79 Å². The van der Waals surface area contributed by atoms with E-state index in [2.05, 4.69) is 15.5 Å². The van der Waals surface area contributed by atoms with Gasteiger partial charge in [-0.2, -0.15) is 0 Å². The Morgan fingerprint density at radius 2 is 1.96 bits per heavy atom. The fourth-order valence-corrected chi connectivity index (χ4v) is 2.59. The zero-order valence-electron chi connectivity index (χ0n) is 16.1. The molecule has 0 radical (unpaired) electrons. The Labute approximate surface area is 163 Å². The Morgan fingerprint density at radius 1 is 1.14 bits per heavy atom. The highest BCUT2D eigenvalue weighted by atomic mass is 16.5. The number of carbonyl (C=O) groups is 1. The van der Waals surface area contributed by atoms with Crippen LogP contribution >= 0.6 is 0 Å². The molecule has 0 fully saturated rings. The van der Waals surface area contributed by atoms with E-state index in [0.717, 1.165) is 5.56 Å². The molecule has 0 saturated carbocycles. The molecule has 1 amide bonds. The van der Waals surface area contributed by atoms with Crippen molar-refractivity contribution in [3.05, 3.63) is 54.4 Å². The quantitative estimate of drug-likeness (QED) is 0.632. The number of nitrogens with zero attached hydrogens (tertiary/aromatic N) is 2. The normalized spacial score (nSPS) is 10.7. The maximum Gasteiger partial charge on any atom is 0.247 e. The Morgan fingerprint density at radius 3 is 2.75 bits per heavy atom. The minimum absolute atomic E-state index is 0.0199. The van der Waals surface area contributed by atoms with Crippen LogP contribution in [-0.4, -0.2) is 29.3 Å². The Hall–Kier alpha value is -3.35. The molecule has 0 bridgehead atoms. The molecule has 3 aromatic rings. The highest BCUT2D eigenvalue weighted by Gasteiger charge is 2.13. The fraction of sp³-hybridized carbons (Fsp3) is 0.286. The summed E-state index contributed by atoms with van der Waals surface area (Å²) in [7, 11) is 1.60. The third-order valence-corrected chi connectivity index (χ3v) is 3.87. The number of ether oxygens (including phenoxy) is 2. The summed E-state index contributed by atoms with van der Waals surface area (Å²) >= 11 is 0. The summed E-state index contributed by atoms with van der Waals surface area (Å²) in [6, 6.07) is 14.7. The van der Waals surface area contributed by atoms with Crippen LogP contribution in [0.5, 0.6) is 11.5 Å². The number of carbonyl (C=O) groups excluding carboxylic acids is 1. The SMILES string of the molecule is COc1cccc(-c2nnc(CCC(=O)Nc3ccccc3OC(C)C)o2)c1. The van der Waals surface area contributed by atoms with Crippen molar-refractivity contribution in [3.8, 4) is 23.0 Å². The summed E-state index contributed by atoms with van der Waals surface area (Å²) in [5.74, 6) is 1.99. The first-order valence-corrected chi connectivity index (χ1v) is 9.07. The first-order valence-electron chi connectivity index (χ1n) is 9.07. The molecule has 0 aliphatic rings. The molecule has 0 saturated heterocycles.